The van der Waals surface area contributed by atoms with Gasteiger partial charge < -0.3 is 20.6 Å². The third kappa shape index (κ3) is 2.44. The lowest BCUT2D eigenvalue weighted by Crippen LogP contribution is -2.47. The molecule has 3 heterocycles. The minimum atomic E-state index is -0.830. The number of carbonyl (C=O) groups excluding carboxylic acids is 1. The van der Waals surface area contributed by atoms with E-state index < -0.39 is 6.09 Å². The van der Waals surface area contributed by atoms with Gasteiger partial charge in [-0.15, -0.1) is 0 Å². The molecule has 0 aromatic rings. The highest BCUT2D eigenvalue weighted by atomic mass is 16.4. The Morgan fingerprint density at radius 3 is 3.08 bits per heavy atom. The summed E-state index contributed by atoms with van der Waals surface area (Å²) >= 11 is 0. The molecule has 1 spiro atoms. The van der Waals surface area contributed by atoms with Crippen molar-refractivity contribution in [3.8, 4) is 0 Å². The van der Waals surface area contributed by atoms with Gasteiger partial charge in [0.1, 0.15) is 0 Å². The number of allylic oxidation sites excluding steroid dienone is 1. The Labute approximate surface area is 140 Å². The van der Waals surface area contributed by atoms with Gasteiger partial charge in [-0.2, -0.15) is 0 Å². The maximum Gasteiger partial charge on any atom is 0.407 e. The first kappa shape index (κ1) is 15.1. The molecule has 128 valence electrons. The van der Waals surface area contributed by atoms with Crippen molar-refractivity contribution in [2.45, 2.75) is 31.2 Å². The van der Waals surface area contributed by atoms with Crippen LogP contribution in [0.3, 0.4) is 0 Å². The smallest absolute Gasteiger partial charge is 0.407 e. The van der Waals surface area contributed by atoms with E-state index in [9.17, 15) is 14.7 Å². The van der Waals surface area contributed by atoms with Crippen molar-refractivity contribution in [3.63, 3.8) is 0 Å². The van der Waals surface area contributed by atoms with E-state index in [0.29, 0.717) is 19.6 Å². The normalized spacial score (nSPS) is 30.4. The summed E-state index contributed by atoms with van der Waals surface area (Å²) in [5.41, 5.74) is 1.92. The van der Waals surface area contributed by atoms with Crippen molar-refractivity contribution in [2.24, 2.45) is 5.92 Å². The number of likely N-dealkylation sites (tertiary alicyclic amines) is 1. The zero-order valence-electron chi connectivity index (χ0n) is 13.5. The monoisotopic (exact) mass is 330 g/mol. The number of rotatable bonds is 2. The summed E-state index contributed by atoms with van der Waals surface area (Å²) in [5.74, 6) is 0.233. The summed E-state index contributed by atoms with van der Waals surface area (Å²) in [4.78, 5) is 27.1. The number of hydrogen-bond acceptors (Lipinski definition) is 3. The molecule has 1 saturated heterocycles. The third-order valence-corrected chi connectivity index (χ3v) is 5.59. The van der Waals surface area contributed by atoms with Crippen molar-refractivity contribution in [3.05, 3.63) is 35.8 Å². The van der Waals surface area contributed by atoms with Crippen LogP contribution >= 0.6 is 0 Å². The number of carbonyl (C=O) groups is 2. The fourth-order valence-electron chi connectivity index (χ4n) is 4.19. The number of nitrogens with zero attached hydrogens (tertiary/aromatic N) is 2. The lowest BCUT2D eigenvalue weighted by molar-refractivity contribution is 0.0905. The first-order valence-electron chi connectivity index (χ1n) is 8.49. The minimum Gasteiger partial charge on any atom is -0.465 e. The molecule has 0 radical (unpaired) electrons. The zero-order chi connectivity index (χ0) is 16.7. The fraction of sp³-hybridized carbons (Fsp3) is 0.529. The second kappa shape index (κ2) is 5.58. The van der Waals surface area contributed by atoms with Crippen molar-refractivity contribution < 1.29 is 14.7 Å². The Morgan fingerprint density at radius 2 is 2.29 bits per heavy atom. The molecule has 0 aromatic heterocycles. The molecule has 0 aromatic carbocycles. The zero-order valence-corrected chi connectivity index (χ0v) is 13.5. The van der Waals surface area contributed by atoms with Gasteiger partial charge >= 0.3 is 12.1 Å². The summed E-state index contributed by atoms with van der Waals surface area (Å²) < 4.78 is 0. The summed E-state index contributed by atoms with van der Waals surface area (Å²) in [7, 11) is 0. The molecule has 4 rings (SSSR count). The molecule has 3 amide bonds. The van der Waals surface area contributed by atoms with Crippen molar-refractivity contribution in [2.75, 3.05) is 19.6 Å². The summed E-state index contributed by atoms with van der Waals surface area (Å²) in [6.45, 7) is 1.72. The summed E-state index contributed by atoms with van der Waals surface area (Å²) in [5, 5.41) is 15.4. The van der Waals surface area contributed by atoms with Gasteiger partial charge in [0.05, 0.1) is 12.1 Å². The second-order valence-corrected chi connectivity index (χ2v) is 6.96. The van der Waals surface area contributed by atoms with E-state index >= 15 is 0 Å². The van der Waals surface area contributed by atoms with E-state index in [1.807, 2.05) is 24.7 Å². The van der Waals surface area contributed by atoms with Gasteiger partial charge in [-0.05, 0) is 42.9 Å². The van der Waals surface area contributed by atoms with Gasteiger partial charge in [-0.3, -0.25) is 4.90 Å². The Balaban J connectivity index is 1.33. The van der Waals surface area contributed by atoms with Crippen LogP contribution in [0, 0.1) is 5.92 Å². The molecule has 2 unspecified atom stereocenters. The van der Waals surface area contributed by atoms with Gasteiger partial charge in [0.2, 0.25) is 0 Å². The maximum atomic E-state index is 12.4. The van der Waals surface area contributed by atoms with Crippen LogP contribution in [0.15, 0.2) is 35.8 Å². The molecule has 0 bridgehead atoms. The van der Waals surface area contributed by atoms with E-state index in [2.05, 4.69) is 10.6 Å². The summed E-state index contributed by atoms with van der Waals surface area (Å²) in [6, 6.07) is -0.120. The van der Waals surface area contributed by atoms with Crippen LogP contribution in [0.25, 0.3) is 0 Å². The molecule has 24 heavy (non-hydrogen) atoms. The fourth-order valence-corrected chi connectivity index (χ4v) is 4.19. The lowest BCUT2D eigenvalue weighted by atomic mass is 9.98. The number of amides is 3. The SMILES string of the molecule is O=C(NCC1CC12CCCCN2C(=O)O)N1C=C2C=CNC=C2C1. The van der Waals surface area contributed by atoms with Crippen LogP contribution in [0.4, 0.5) is 9.59 Å². The molecule has 1 saturated carbocycles. The van der Waals surface area contributed by atoms with Gasteiger partial charge in [0.25, 0.3) is 0 Å². The highest BCUT2D eigenvalue weighted by Gasteiger charge is 2.60. The molecular weight excluding hydrogens is 308 g/mol. The Bertz CT molecular complexity index is 669. The topological polar surface area (TPSA) is 84.9 Å². The number of carboxylic acid groups (broad SMARTS) is 1. The molecule has 3 N–H and O–H groups in total. The molecule has 2 atom stereocenters. The average Bonchev–Trinajstić information content (AvgIpc) is 3.07. The molecule has 7 heteroatoms. The highest BCUT2D eigenvalue weighted by molar-refractivity contribution is 5.78. The van der Waals surface area contributed by atoms with E-state index in [0.717, 1.165) is 36.8 Å². The molecule has 7 nitrogen and oxygen atoms in total. The maximum absolute atomic E-state index is 12.4. The predicted octanol–water partition coefficient (Wildman–Crippen LogP) is 1.82. The van der Waals surface area contributed by atoms with Crippen molar-refractivity contribution in [1.29, 1.82) is 0 Å². The molecule has 3 aliphatic heterocycles. The summed E-state index contributed by atoms with van der Waals surface area (Å²) in [6.07, 6.45) is 10.5. The number of hydrogen-bond donors (Lipinski definition) is 3. The lowest BCUT2D eigenvalue weighted by Gasteiger charge is -2.35. The van der Waals surface area contributed by atoms with Gasteiger partial charge in [0, 0.05) is 37.6 Å². The number of piperidine rings is 1. The van der Waals surface area contributed by atoms with Gasteiger partial charge in [-0.25, -0.2) is 9.59 Å². The molecule has 1 aliphatic carbocycles. The van der Waals surface area contributed by atoms with Gasteiger partial charge in [-0.1, -0.05) is 0 Å². The average molecular weight is 330 g/mol. The number of fused-ring (bicyclic) bond motifs is 1. The quantitative estimate of drug-likeness (QED) is 0.721. The largest absolute Gasteiger partial charge is 0.465 e. The number of dihydropyridines is 1. The molecule has 4 aliphatic rings. The van der Waals surface area contributed by atoms with Crippen molar-refractivity contribution >= 4 is 12.1 Å². The Hall–Kier alpha value is -2.44. The van der Waals surface area contributed by atoms with Gasteiger partial charge in [0.15, 0.2) is 0 Å². The predicted molar refractivity (Wildman–Crippen MR) is 88.0 cm³/mol. The third-order valence-electron chi connectivity index (χ3n) is 5.59. The van der Waals surface area contributed by atoms with Crippen LogP contribution in [0.1, 0.15) is 25.7 Å². The molecule has 2 fully saturated rings. The van der Waals surface area contributed by atoms with Crippen LogP contribution in [0.5, 0.6) is 0 Å². The number of urea groups is 1. The van der Waals surface area contributed by atoms with E-state index in [1.165, 1.54) is 0 Å². The molecular formula is C17H22N4O3. The van der Waals surface area contributed by atoms with E-state index in [1.54, 1.807) is 9.80 Å². The van der Waals surface area contributed by atoms with Crippen LogP contribution in [-0.4, -0.2) is 52.2 Å². The first-order valence-corrected chi connectivity index (χ1v) is 8.49. The number of nitrogens with one attached hydrogen (secondary N) is 2. The van der Waals surface area contributed by atoms with Crippen LogP contribution in [0.2, 0.25) is 0 Å². The van der Waals surface area contributed by atoms with E-state index in [4.69, 9.17) is 0 Å². The standard InChI is InChI=1S/C17H22N4O3/c22-15(20-10-12-3-5-18-8-13(12)11-20)19-9-14-7-17(14)4-1-2-6-21(17)16(23)24/h3,5,8,10,14,18H,1-2,4,6-7,9,11H2,(H,19,22)(H,23,24). The van der Waals surface area contributed by atoms with Crippen LogP contribution in [-0.2, 0) is 0 Å². The van der Waals surface area contributed by atoms with E-state index in [-0.39, 0.29) is 17.5 Å². The Kier molecular flexibility index (Phi) is 3.51. The highest BCUT2D eigenvalue weighted by Crippen LogP contribution is 2.53. The second-order valence-electron chi connectivity index (χ2n) is 6.96. The van der Waals surface area contributed by atoms with Crippen molar-refractivity contribution in [1.82, 2.24) is 20.4 Å². The van der Waals surface area contributed by atoms with Crippen LogP contribution < -0.4 is 10.6 Å². The minimum absolute atomic E-state index is 0.120. The first-order chi connectivity index (χ1) is 11.6. The Morgan fingerprint density at radius 1 is 1.42 bits per heavy atom.